The number of benzene rings is 2. The van der Waals surface area contributed by atoms with Crippen LogP contribution >= 0.6 is 0 Å². The van der Waals surface area contributed by atoms with Gasteiger partial charge >= 0.3 is 5.97 Å². The molecule has 0 heterocycles. The lowest BCUT2D eigenvalue weighted by Crippen LogP contribution is -2.30. The minimum atomic E-state index is -4.20. The van der Waals surface area contributed by atoms with Gasteiger partial charge in [-0.25, -0.2) is 31.5 Å². The number of anilines is 1. The maximum absolute atomic E-state index is 13.8. The summed E-state index contributed by atoms with van der Waals surface area (Å²) in [7, 11) is -4.20. The molecule has 0 aliphatic carbocycles. The molecule has 0 saturated carbocycles. The van der Waals surface area contributed by atoms with Crippen LogP contribution in [0.3, 0.4) is 0 Å². The van der Waals surface area contributed by atoms with Crippen molar-refractivity contribution in [2.45, 2.75) is 17.9 Å². The minimum absolute atomic E-state index is 0.481. The molecule has 0 bridgehead atoms. The summed E-state index contributed by atoms with van der Waals surface area (Å²) in [5.74, 6) is -5.19. The number of sulfonamides is 1. The standard InChI is InChI=1S/C16H13F3N2O5S/c1-8(15(22)21-14-6-9(17)2-4-13(14)19)26-16(23)11-7-10(27(20,24)25)3-5-12(11)18/h2-8H,1H3,(H,21,22)(H2,20,24,25). The van der Waals surface area contributed by atoms with E-state index in [1.165, 1.54) is 0 Å². The van der Waals surface area contributed by atoms with Crippen LogP contribution in [0.25, 0.3) is 0 Å². The fourth-order valence-corrected chi connectivity index (χ4v) is 2.48. The van der Waals surface area contributed by atoms with E-state index in [-0.39, 0.29) is 0 Å². The number of ether oxygens (including phenoxy) is 1. The highest BCUT2D eigenvalue weighted by Gasteiger charge is 2.23. The van der Waals surface area contributed by atoms with Crippen molar-refractivity contribution < 1.29 is 35.9 Å². The average molecular weight is 402 g/mol. The molecule has 3 N–H and O–H groups in total. The first-order chi connectivity index (χ1) is 12.5. The second kappa shape index (κ2) is 7.76. The van der Waals surface area contributed by atoms with Crippen molar-refractivity contribution >= 4 is 27.6 Å². The number of nitrogens with two attached hydrogens (primary N) is 1. The van der Waals surface area contributed by atoms with Crippen molar-refractivity contribution in [1.82, 2.24) is 0 Å². The van der Waals surface area contributed by atoms with Crippen LogP contribution in [0.1, 0.15) is 17.3 Å². The number of esters is 1. The van der Waals surface area contributed by atoms with Gasteiger partial charge in [0.25, 0.3) is 5.91 Å². The van der Waals surface area contributed by atoms with Gasteiger partial charge in [0.2, 0.25) is 10.0 Å². The number of carbonyl (C=O) groups excluding carboxylic acids is 2. The topological polar surface area (TPSA) is 116 Å². The molecule has 0 fully saturated rings. The first-order valence-electron chi connectivity index (χ1n) is 7.28. The average Bonchev–Trinajstić information content (AvgIpc) is 2.57. The Hall–Kier alpha value is -2.92. The third-order valence-corrected chi connectivity index (χ3v) is 4.24. The molecular weight excluding hydrogens is 389 g/mol. The predicted octanol–water partition coefficient (Wildman–Crippen LogP) is 1.94. The molecule has 7 nitrogen and oxygen atoms in total. The van der Waals surface area contributed by atoms with Crippen LogP contribution in [0.5, 0.6) is 0 Å². The van der Waals surface area contributed by atoms with E-state index < -0.39 is 61.6 Å². The van der Waals surface area contributed by atoms with E-state index in [0.717, 1.165) is 31.2 Å². The first kappa shape index (κ1) is 20.4. The summed E-state index contributed by atoms with van der Waals surface area (Å²) in [6.07, 6.45) is -1.53. The largest absolute Gasteiger partial charge is 0.449 e. The van der Waals surface area contributed by atoms with E-state index in [4.69, 9.17) is 9.88 Å². The van der Waals surface area contributed by atoms with Gasteiger partial charge in [-0.2, -0.15) is 0 Å². The molecule has 2 aromatic rings. The van der Waals surface area contributed by atoms with Crippen LogP contribution in [0.4, 0.5) is 18.9 Å². The summed E-state index contributed by atoms with van der Waals surface area (Å²) in [5, 5.41) is 6.92. The van der Waals surface area contributed by atoms with Crippen LogP contribution < -0.4 is 10.5 Å². The molecule has 1 atom stereocenters. The quantitative estimate of drug-likeness (QED) is 0.742. The van der Waals surface area contributed by atoms with Crippen molar-refractivity contribution in [2.24, 2.45) is 5.14 Å². The van der Waals surface area contributed by atoms with Gasteiger partial charge in [-0.05, 0) is 37.3 Å². The van der Waals surface area contributed by atoms with Gasteiger partial charge in [0.1, 0.15) is 17.5 Å². The van der Waals surface area contributed by atoms with E-state index in [2.05, 4.69) is 0 Å². The monoisotopic (exact) mass is 402 g/mol. The molecule has 1 unspecified atom stereocenters. The Labute approximate surface area is 152 Å². The van der Waals surface area contributed by atoms with Gasteiger partial charge in [0.05, 0.1) is 16.1 Å². The molecule has 0 spiro atoms. The molecule has 2 rings (SSSR count). The summed E-state index contributed by atoms with van der Waals surface area (Å²) in [6, 6.07) is 4.56. The molecule has 0 aliphatic rings. The van der Waals surface area contributed by atoms with E-state index >= 15 is 0 Å². The molecule has 0 aliphatic heterocycles. The fraction of sp³-hybridized carbons (Fsp3) is 0.125. The number of hydrogen-bond donors (Lipinski definition) is 2. The zero-order chi connectivity index (χ0) is 20.4. The zero-order valence-corrected chi connectivity index (χ0v) is 14.5. The van der Waals surface area contributed by atoms with Crippen molar-refractivity contribution in [3.8, 4) is 0 Å². The molecule has 27 heavy (non-hydrogen) atoms. The predicted molar refractivity (Wildman–Crippen MR) is 87.6 cm³/mol. The maximum atomic E-state index is 13.8. The number of amides is 1. The third-order valence-electron chi connectivity index (χ3n) is 3.33. The molecule has 0 radical (unpaired) electrons. The van der Waals surface area contributed by atoms with E-state index in [1.807, 2.05) is 5.32 Å². The Morgan fingerprint density at radius 1 is 1.07 bits per heavy atom. The Morgan fingerprint density at radius 2 is 1.70 bits per heavy atom. The summed E-state index contributed by atoms with van der Waals surface area (Å²) in [5.41, 5.74) is -1.25. The summed E-state index contributed by atoms with van der Waals surface area (Å²) >= 11 is 0. The van der Waals surface area contributed by atoms with Gasteiger partial charge in [-0.3, -0.25) is 4.79 Å². The Kier molecular flexibility index (Phi) is 5.86. The summed E-state index contributed by atoms with van der Waals surface area (Å²) < 4.78 is 67.7. The molecule has 11 heteroatoms. The molecular formula is C16H13F3N2O5S. The van der Waals surface area contributed by atoms with Crippen molar-refractivity contribution in [1.29, 1.82) is 0 Å². The normalized spacial score (nSPS) is 12.3. The lowest BCUT2D eigenvalue weighted by molar-refractivity contribution is -0.123. The van der Waals surface area contributed by atoms with Crippen LogP contribution in [0.2, 0.25) is 0 Å². The number of nitrogens with one attached hydrogen (secondary N) is 1. The number of primary sulfonamides is 1. The van der Waals surface area contributed by atoms with Crippen molar-refractivity contribution in [3.05, 3.63) is 59.4 Å². The number of hydrogen-bond acceptors (Lipinski definition) is 5. The van der Waals surface area contributed by atoms with Crippen molar-refractivity contribution in [3.63, 3.8) is 0 Å². The lowest BCUT2D eigenvalue weighted by Gasteiger charge is -2.14. The van der Waals surface area contributed by atoms with Gasteiger partial charge < -0.3 is 10.1 Å². The van der Waals surface area contributed by atoms with Crippen molar-refractivity contribution in [2.75, 3.05) is 5.32 Å². The maximum Gasteiger partial charge on any atom is 0.341 e. The third kappa shape index (κ3) is 5.05. The second-order valence-corrected chi connectivity index (χ2v) is 6.91. The van der Waals surface area contributed by atoms with Gasteiger partial charge in [0, 0.05) is 6.07 Å². The van der Waals surface area contributed by atoms with Crippen LogP contribution in [-0.4, -0.2) is 26.4 Å². The van der Waals surface area contributed by atoms with E-state index in [0.29, 0.717) is 12.1 Å². The molecule has 2 aromatic carbocycles. The van der Waals surface area contributed by atoms with E-state index in [1.54, 1.807) is 0 Å². The van der Waals surface area contributed by atoms with Crippen LogP contribution in [0.15, 0.2) is 41.3 Å². The Morgan fingerprint density at radius 3 is 2.33 bits per heavy atom. The Balaban J connectivity index is 2.15. The highest BCUT2D eigenvalue weighted by Crippen LogP contribution is 2.18. The summed E-state index contributed by atoms with van der Waals surface area (Å²) in [4.78, 5) is 23.5. The molecule has 1 amide bonds. The lowest BCUT2D eigenvalue weighted by atomic mass is 10.2. The SMILES string of the molecule is CC(OC(=O)c1cc(S(N)(=O)=O)ccc1F)C(=O)Nc1cc(F)ccc1F. The highest BCUT2D eigenvalue weighted by molar-refractivity contribution is 7.89. The minimum Gasteiger partial charge on any atom is -0.449 e. The highest BCUT2D eigenvalue weighted by atomic mass is 32.2. The number of halogens is 3. The van der Waals surface area contributed by atoms with Crippen LogP contribution in [-0.2, 0) is 19.6 Å². The second-order valence-electron chi connectivity index (χ2n) is 5.35. The smallest absolute Gasteiger partial charge is 0.341 e. The van der Waals surface area contributed by atoms with Gasteiger partial charge in [-0.15, -0.1) is 0 Å². The molecule has 0 saturated heterocycles. The molecule has 0 aromatic heterocycles. The number of rotatable bonds is 5. The van der Waals surface area contributed by atoms with Gasteiger partial charge in [0.15, 0.2) is 6.10 Å². The summed E-state index contributed by atoms with van der Waals surface area (Å²) in [6.45, 7) is 1.10. The number of carbonyl (C=O) groups is 2. The van der Waals surface area contributed by atoms with Crippen LogP contribution in [0, 0.1) is 17.5 Å². The Bertz CT molecular complexity index is 1010. The molecule has 144 valence electrons. The fourth-order valence-electron chi connectivity index (χ4n) is 1.94. The first-order valence-corrected chi connectivity index (χ1v) is 8.83. The van der Waals surface area contributed by atoms with E-state index in [9.17, 15) is 31.2 Å². The van der Waals surface area contributed by atoms with Gasteiger partial charge in [-0.1, -0.05) is 0 Å². The zero-order valence-electron chi connectivity index (χ0n) is 13.7.